The van der Waals surface area contributed by atoms with Crippen LogP contribution in [0.2, 0.25) is 0 Å². The van der Waals surface area contributed by atoms with E-state index in [1.807, 2.05) is 30.4 Å². The predicted molar refractivity (Wildman–Crippen MR) is 132 cm³/mol. The second-order valence-electron chi connectivity index (χ2n) is 8.40. The molecule has 0 N–H and O–H groups in total. The van der Waals surface area contributed by atoms with Crippen molar-refractivity contribution in [3.8, 4) is 11.5 Å². The minimum Gasteiger partial charge on any atom is -0.550 e. The fraction of sp³-hybridized carbons (Fsp3) is 0.370. The third-order valence-electron chi connectivity index (χ3n) is 5.74. The van der Waals surface area contributed by atoms with Crippen molar-refractivity contribution in [1.29, 1.82) is 0 Å². The van der Waals surface area contributed by atoms with Gasteiger partial charge in [-0.1, -0.05) is 41.6 Å². The average Bonchev–Trinajstić information content (AvgIpc) is 3.31. The van der Waals surface area contributed by atoms with Gasteiger partial charge < -0.3 is 23.9 Å². The zero-order valence-electron chi connectivity index (χ0n) is 21.5. The van der Waals surface area contributed by atoms with Crippen LogP contribution >= 0.6 is 0 Å². The van der Waals surface area contributed by atoms with E-state index in [-0.39, 0.29) is 29.6 Å². The molecule has 2 heterocycles. The van der Waals surface area contributed by atoms with Gasteiger partial charge in [0, 0.05) is 25.0 Å². The van der Waals surface area contributed by atoms with E-state index >= 15 is 0 Å². The van der Waals surface area contributed by atoms with E-state index in [1.54, 1.807) is 14.2 Å². The number of aromatic nitrogens is 2. The Morgan fingerprint density at radius 2 is 1.75 bits per heavy atom. The van der Waals surface area contributed by atoms with E-state index in [4.69, 9.17) is 23.9 Å². The summed E-state index contributed by atoms with van der Waals surface area (Å²) in [5, 5.41) is 13.1. The van der Waals surface area contributed by atoms with Gasteiger partial charge >= 0.3 is 29.6 Å². The molecule has 0 unspecified atom stereocenters. The zero-order chi connectivity index (χ0) is 25.0. The number of carboxylic acids is 1. The van der Waals surface area contributed by atoms with Crippen molar-refractivity contribution in [2.45, 2.75) is 32.7 Å². The molecule has 1 saturated heterocycles. The summed E-state index contributed by atoms with van der Waals surface area (Å²) in [5.74, 6) is 2.22. The first kappa shape index (κ1) is 29.6. The van der Waals surface area contributed by atoms with Crippen molar-refractivity contribution >= 4 is 18.1 Å². The van der Waals surface area contributed by atoms with Crippen LogP contribution in [0.15, 0.2) is 53.1 Å². The molecule has 0 atom stereocenters. The number of carbonyl (C=O) groups is 1. The molecule has 1 fully saturated rings. The second-order valence-corrected chi connectivity index (χ2v) is 8.40. The van der Waals surface area contributed by atoms with Crippen LogP contribution in [0.4, 0.5) is 0 Å². The molecule has 1 aliphatic heterocycles. The molecule has 36 heavy (non-hydrogen) atoms. The average molecular weight is 502 g/mol. The first-order chi connectivity index (χ1) is 17.0. The molecule has 1 aromatic heterocycles. The number of hydrogen-bond acceptors (Lipinski definition) is 8. The molecule has 1 aliphatic rings. The van der Waals surface area contributed by atoms with Gasteiger partial charge in [0.05, 0.1) is 14.2 Å². The van der Waals surface area contributed by atoms with E-state index in [1.165, 1.54) is 5.56 Å². The molecule has 4 rings (SSSR count). The summed E-state index contributed by atoms with van der Waals surface area (Å²) in [7, 11) is 3.25. The Morgan fingerprint density at radius 1 is 1.08 bits per heavy atom. The number of aliphatic carboxylic acids is 1. The van der Waals surface area contributed by atoms with Gasteiger partial charge in [-0.2, -0.15) is 4.98 Å². The summed E-state index contributed by atoms with van der Waals surface area (Å²) in [6.45, 7) is 4.23. The number of likely N-dealkylation sites (tertiary alicyclic amines) is 1. The SMILES string of the molecule is CC(=O)[O-].COc1ccc(C=Cc2nc(CC3CCN(Cc4ccccc4)CC3)no2)cc1OC.[Na+]. The Balaban J connectivity index is 0.000000850. The Bertz CT molecular complexity index is 1090. The molecular formula is C27H32N3NaO5. The molecule has 0 amide bonds. The number of rotatable bonds is 8. The number of methoxy groups -OCH3 is 2. The van der Waals surface area contributed by atoms with Crippen LogP contribution in [-0.4, -0.2) is 48.3 Å². The van der Waals surface area contributed by atoms with Gasteiger partial charge in [0.2, 0.25) is 0 Å². The molecule has 0 radical (unpaired) electrons. The van der Waals surface area contributed by atoms with Gasteiger partial charge in [-0.05, 0) is 68.1 Å². The number of nitrogens with zero attached hydrogens (tertiary/aromatic N) is 3. The fourth-order valence-electron chi connectivity index (χ4n) is 3.99. The van der Waals surface area contributed by atoms with Crippen LogP contribution in [0.25, 0.3) is 12.2 Å². The molecule has 0 saturated carbocycles. The summed E-state index contributed by atoms with van der Waals surface area (Å²) in [6, 6.07) is 16.4. The molecule has 186 valence electrons. The monoisotopic (exact) mass is 501 g/mol. The summed E-state index contributed by atoms with van der Waals surface area (Å²) in [5.41, 5.74) is 2.35. The van der Waals surface area contributed by atoms with Gasteiger partial charge in [0.25, 0.3) is 5.89 Å². The third kappa shape index (κ3) is 9.78. The van der Waals surface area contributed by atoms with Crippen molar-refractivity contribution < 1.29 is 53.5 Å². The molecule has 9 heteroatoms. The maximum Gasteiger partial charge on any atom is 1.00 e. The van der Waals surface area contributed by atoms with Crippen LogP contribution in [0.3, 0.4) is 0 Å². The van der Waals surface area contributed by atoms with E-state index in [9.17, 15) is 0 Å². The van der Waals surface area contributed by atoms with Crippen LogP contribution in [-0.2, 0) is 17.8 Å². The number of ether oxygens (including phenoxy) is 2. The molecule has 3 aromatic rings. The van der Waals surface area contributed by atoms with Crippen molar-refractivity contribution in [1.82, 2.24) is 15.0 Å². The number of hydrogen-bond donors (Lipinski definition) is 0. The summed E-state index contributed by atoms with van der Waals surface area (Å²) in [4.78, 5) is 16.0. The summed E-state index contributed by atoms with van der Waals surface area (Å²) >= 11 is 0. The van der Waals surface area contributed by atoms with E-state index in [0.717, 1.165) is 57.2 Å². The number of carboxylic acid groups (broad SMARTS) is 1. The minimum absolute atomic E-state index is 0. The van der Waals surface area contributed by atoms with Gasteiger partial charge in [-0.3, -0.25) is 4.90 Å². The molecule has 0 bridgehead atoms. The Morgan fingerprint density at radius 3 is 2.39 bits per heavy atom. The Labute approximate surface area is 234 Å². The van der Waals surface area contributed by atoms with E-state index in [2.05, 4.69) is 45.4 Å². The van der Waals surface area contributed by atoms with Gasteiger partial charge in [0.15, 0.2) is 17.3 Å². The maximum atomic E-state index is 8.89. The van der Waals surface area contributed by atoms with Crippen LogP contribution in [0.1, 0.15) is 42.6 Å². The summed E-state index contributed by atoms with van der Waals surface area (Å²) in [6.07, 6.45) is 6.96. The zero-order valence-corrected chi connectivity index (χ0v) is 23.5. The van der Waals surface area contributed by atoms with Crippen molar-refractivity contribution in [3.05, 3.63) is 71.4 Å². The first-order valence-corrected chi connectivity index (χ1v) is 11.6. The molecule has 0 spiro atoms. The van der Waals surface area contributed by atoms with Gasteiger partial charge in [-0.15, -0.1) is 0 Å². The van der Waals surface area contributed by atoms with E-state index in [0.29, 0.717) is 23.3 Å². The largest absolute Gasteiger partial charge is 1.00 e. The Hall–Kier alpha value is -2.65. The quantitative estimate of drug-likeness (QED) is 0.411. The van der Waals surface area contributed by atoms with Crippen LogP contribution in [0.5, 0.6) is 11.5 Å². The fourth-order valence-corrected chi connectivity index (χ4v) is 3.99. The van der Waals surface area contributed by atoms with E-state index < -0.39 is 5.97 Å². The minimum atomic E-state index is -1.08. The first-order valence-electron chi connectivity index (χ1n) is 11.6. The molecule has 2 aromatic carbocycles. The van der Waals surface area contributed by atoms with Gasteiger partial charge in [-0.25, -0.2) is 0 Å². The second kappa shape index (κ2) is 15.5. The molecule has 0 aliphatic carbocycles. The normalized spacial score (nSPS) is 14.0. The van der Waals surface area contributed by atoms with Crippen LogP contribution < -0.4 is 44.1 Å². The maximum absolute atomic E-state index is 8.89. The van der Waals surface area contributed by atoms with Crippen LogP contribution in [0, 0.1) is 5.92 Å². The third-order valence-corrected chi connectivity index (χ3v) is 5.74. The molecular weight excluding hydrogens is 469 g/mol. The van der Waals surface area contributed by atoms with Crippen molar-refractivity contribution in [2.24, 2.45) is 5.92 Å². The topological polar surface area (TPSA) is 101 Å². The molecule has 8 nitrogen and oxygen atoms in total. The van der Waals surface area contributed by atoms with Gasteiger partial charge in [0.1, 0.15) is 0 Å². The smallest absolute Gasteiger partial charge is 0.550 e. The number of benzene rings is 2. The summed E-state index contributed by atoms with van der Waals surface area (Å²) < 4.78 is 16.0. The number of carbonyl (C=O) groups excluding carboxylic acids is 1. The standard InChI is InChI=1S/C25H29N3O3.C2H4O2.Na/c1-29-22-10-8-19(16-23(22)30-2)9-11-25-26-24(27-31-25)17-20-12-14-28(15-13-20)18-21-6-4-3-5-7-21;1-2(3)4;/h3-11,16,20H,12-15,17-18H2,1-2H3;1H3,(H,3,4);/q;;+1/p-1. The van der Waals surface area contributed by atoms with Crippen molar-refractivity contribution in [3.63, 3.8) is 0 Å². The predicted octanol–water partition coefficient (Wildman–Crippen LogP) is 0.472. The van der Waals surface area contributed by atoms with Crippen molar-refractivity contribution in [2.75, 3.05) is 27.3 Å². The number of piperidine rings is 1. The Kier molecular flexibility index (Phi) is 12.7.